The van der Waals surface area contributed by atoms with Gasteiger partial charge in [0.25, 0.3) is 5.92 Å². The minimum absolute atomic E-state index is 0.127. The van der Waals surface area contributed by atoms with Crippen molar-refractivity contribution in [1.29, 1.82) is 0 Å². The SMILES string of the molecule is Oc1cc(F)cc(-c2ccnc3nc(-c4[nH]nc5ncc(C6=CNC=CC(CN7CCC(F)(F)C7)=C6)cc45)[nH]c23)c1. The summed E-state index contributed by atoms with van der Waals surface area (Å²) in [6.07, 6.45) is 10.6. The van der Waals surface area contributed by atoms with Crippen molar-refractivity contribution in [2.75, 3.05) is 19.6 Å². The molecule has 1 saturated heterocycles. The summed E-state index contributed by atoms with van der Waals surface area (Å²) in [5.41, 5.74) is 5.68. The molecule has 6 heterocycles. The molecule has 2 aliphatic heterocycles. The maximum atomic E-state index is 14.0. The smallest absolute Gasteiger partial charge is 0.261 e. The number of phenols is 1. The summed E-state index contributed by atoms with van der Waals surface area (Å²) in [5, 5.41) is 21.1. The van der Waals surface area contributed by atoms with Gasteiger partial charge in [0.2, 0.25) is 0 Å². The molecule has 0 unspecified atom stereocenters. The van der Waals surface area contributed by atoms with Crippen molar-refractivity contribution in [2.24, 2.45) is 0 Å². The molecule has 0 atom stereocenters. The van der Waals surface area contributed by atoms with Gasteiger partial charge in [0.15, 0.2) is 17.1 Å². The Hall–Kier alpha value is -4.97. The Morgan fingerprint density at radius 1 is 1.07 bits per heavy atom. The van der Waals surface area contributed by atoms with Crippen molar-refractivity contribution in [2.45, 2.75) is 12.3 Å². The second kappa shape index (κ2) is 9.59. The molecule has 9 nitrogen and oxygen atoms in total. The number of halogens is 3. The van der Waals surface area contributed by atoms with Crippen LogP contribution < -0.4 is 5.32 Å². The Labute approximate surface area is 231 Å². The van der Waals surface area contributed by atoms with Gasteiger partial charge in [-0.1, -0.05) is 0 Å². The molecule has 4 aromatic heterocycles. The molecule has 41 heavy (non-hydrogen) atoms. The number of alkyl halides is 2. The van der Waals surface area contributed by atoms with E-state index < -0.39 is 11.7 Å². The first-order chi connectivity index (χ1) is 19.8. The highest BCUT2D eigenvalue weighted by Gasteiger charge is 2.38. The Morgan fingerprint density at radius 2 is 1.98 bits per heavy atom. The minimum atomic E-state index is -2.65. The van der Waals surface area contributed by atoms with Crippen molar-refractivity contribution in [3.8, 4) is 28.4 Å². The molecule has 206 valence electrons. The van der Waals surface area contributed by atoms with E-state index in [9.17, 15) is 18.3 Å². The molecule has 1 aromatic carbocycles. The summed E-state index contributed by atoms with van der Waals surface area (Å²) in [5.74, 6) is -2.93. The lowest BCUT2D eigenvalue weighted by Crippen LogP contribution is -2.26. The van der Waals surface area contributed by atoms with Crippen LogP contribution in [0.25, 0.3) is 50.4 Å². The number of likely N-dealkylation sites (tertiary alicyclic amines) is 1. The molecule has 0 bridgehead atoms. The Bertz CT molecular complexity index is 1880. The predicted octanol–water partition coefficient (Wildman–Crippen LogP) is 5.13. The topological polar surface area (TPSA) is 119 Å². The van der Waals surface area contributed by atoms with E-state index in [-0.39, 0.29) is 18.7 Å². The van der Waals surface area contributed by atoms with Crippen LogP contribution in [-0.4, -0.2) is 65.7 Å². The zero-order chi connectivity index (χ0) is 28.1. The molecule has 12 heteroatoms. The quantitative estimate of drug-likeness (QED) is 0.237. The lowest BCUT2D eigenvalue weighted by Gasteiger charge is -2.16. The number of rotatable bonds is 5. The van der Waals surface area contributed by atoms with E-state index in [1.807, 2.05) is 24.4 Å². The van der Waals surface area contributed by atoms with Gasteiger partial charge >= 0.3 is 0 Å². The summed E-state index contributed by atoms with van der Waals surface area (Å²) >= 11 is 0. The minimum Gasteiger partial charge on any atom is -0.508 e. The van der Waals surface area contributed by atoms with Crippen LogP contribution in [-0.2, 0) is 0 Å². The molecular formula is C29H23F3N8O. The highest BCUT2D eigenvalue weighted by atomic mass is 19.3. The number of aromatic hydroxyl groups is 1. The lowest BCUT2D eigenvalue weighted by molar-refractivity contribution is 0.0131. The third-order valence-electron chi connectivity index (χ3n) is 7.19. The van der Waals surface area contributed by atoms with Gasteiger partial charge in [-0.2, -0.15) is 5.10 Å². The van der Waals surface area contributed by atoms with Crippen LogP contribution in [0.15, 0.2) is 72.9 Å². The number of hydrogen-bond acceptors (Lipinski definition) is 7. The van der Waals surface area contributed by atoms with Gasteiger partial charge < -0.3 is 15.4 Å². The predicted molar refractivity (Wildman–Crippen MR) is 148 cm³/mol. The average Bonchev–Trinajstić information content (AvgIpc) is 3.59. The summed E-state index contributed by atoms with van der Waals surface area (Å²) in [7, 11) is 0. The maximum absolute atomic E-state index is 14.0. The van der Waals surface area contributed by atoms with Crippen LogP contribution in [0.2, 0.25) is 0 Å². The monoisotopic (exact) mass is 556 g/mol. The van der Waals surface area contributed by atoms with Gasteiger partial charge in [-0.05, 0) is 53.1 Å². The van der Waals surface area contributed by atoms with E-state index >= 15 is 0 Å². The fraction of sp³-hybridized carbons (Fsp3) is 0.172. The van der Waals surface area contributed by atoms with Gasteiger partial charge in [0, 0.05) is 61.5 Å². The maximum Gasteiger partial charge on any atom is 0.261 e. The van der Waals surface area contributed by atoms with Crippen LogP contribution >= 0.6 is 0 Å². The molecule has 7 rings (SSSR count). The zero-order valence-electron chi connectivity index (χ0n) is 21.5. The number of nitrogens with zero attached hydrogens (tertiary/aromatic N) is 5. The number of phenolic OH excluding ortho intramolecular Hbond substituents is 1. The summed E-state index contributed by atoms with van der Waals surface area (Å²) in [6.45, 7) is 0.519. The van der Waals surface area contributed by atoms with Crippen LogP contribution in [0.5, 0.6) is 5.75 Å². The Balaban J connectivity index is 1.24. The van der Waals surface area contributed by atoms with Crippen molar-refractivity contribution in [3.63, 3.8) is 0 Å². The van der Waals surface area contributed by atoms with E-state index in [2.05, 4.69) is 35.5 Å². The second-order valence-electron chi connectivity index (χ2n) is 10.2. The largest absolute Gasteiger partial charge is 0.508 e. The number of pyridine rings is 2. The van der Waals surface area contributed by atoms with Crippen molar-refractivity contribution < 1.29 is 18.3 Å². The van der Waals surface area contributed by atoms with Crippen LogP contribution in [0.4, 0.5) is 13.2 Å². The van der Waals surface area contributed by atoms with Crippen LogP contribution in [0, 0.1) is 5.82 Å². The van der Waals surface area contributed by atoms with E-state index in [4.69, 9.17) is 0 Å². The number of allylic oxidation sites excluding steroid dienone is 2. The van der Waals surface area contributed by atoms with Gasteiger partial charge in [0.1, 0.15) is 17.3 Å². The number of fused-ring (bicyclic) bond motifs is 2. The van der Waals surface area contributed by atoms with Crippen molar-refractivity contribution in [1.82, 2.24) is 40.3 Å². The molecule has 4 N–H and O–H groups in total. The molecule has 1 fully saturated rings. The van der Waals surface area contributed by atoms with Crippen molar-refractivity contribution in [3.05, 3.63) is 84.2 Å². The van der Waals surface area contributed by atoms with Crippen LogP contribution in [0.3, 0.4) is 0 Å². The zero-order valence-corrected chi connectivity index (χ0v) is 21.5. The van der Waals surface area contributed by atoms with E-state index in [1.165, 1.54) is 12.1 Å². The highest BCUT2D eigenvalue weighted by molar-refractivity contribution is 5.96. The number of H-pyrrole nitrogens is 2. The molecule has 0 saturated carbocycles. The summed E-state index contributed by atoms with van der Waals surface area (Å²) in [4.78, 5) is 18.5. The molecular weight excluding hydrogens is 533 g/mol. The first-order valence-electron chi connectivity index (χ1n) is 12.9. The highest BCUT2D eigenvalue weighted by Crippen LogP contribution is 2.33. The molecule has 2 aliphatic rings. The van der Waals surface area contributed by atoms with Crippen LogP contribution in [0.1, 0.15) is 12.0 Å². The van der Waals surface area contributed by atoms with Gasteiger partial charge in [-0.25, -0.2) is 28.1 Å². The fourth-order valence-corrected chi connectivity index (χ4v) is 5.29. The number of aromatic amines is 2. The van der Waals surface area contributed by atoms with Gasteiger partial charge in [-0.15, -0.1) is 0 Å². The fourth-order valence-electron chi connectivity index (χ4n) is 5.29. The molecule has 0 radical (unpaired) electrons. The standard InChI is InChI=1S/C29H23F3N8O/c30-20-8-17(9-21(41)11-20)22-2-5-34-27-24(22)36-28(37-27)25-23-10-19(13-35-26(23)39-38-25)18-7-16(1-4-33-12-18)14-40-6-3-29(31,32)15-40/h1-2,4-5,7-13,33,41H,3,6,14-15H2,(H,34,36,37)(H,35,38,39). The lowest BCUT2D eigenvalue weighted by atomic mass is 10.0. The van der Waals surface area contributed by atoms with E-state index in [0.717, 1.165) is 22.8 Å². The first-order valence-corrected chi connectivity index (χ1v) is 12.9. The Morgan fingerprint density at radius 3 is 2.80 bits per heavy atom. The number of imidazole rings is 1. The number of hydrogen-bond donors (Lipinski definition) is 4. The average molecular weight is 557 g/mol. The molecule has 0 aliphatic carbocycles. The second-order valence-corrected chi connectivity index (χ2v) is 10.2. The number of nitrogens with one attached hydrogen (secondary N) is 3. The van der Waals surface area contributed by atoms with Gasteiger partial charge in [-0.3, -0.25) is 10.00 Å². The van der Waals surface area contributed by atoms with Crippen molar-refractivity contribution >= 4 is 27.8 Å². The molecule has 5 aromatic rings. The Kier molecular flexibility index (Phi) is 5.86. The number of benzene rings is 1. The molecule has 0 amide bonds. The van der Waals surface area contributed by atoms with Gasteiger partial charge in [0.05, 0.1) is 17.4 Å². The number of aromatic nitrogens is 6. The van der Waals surface area contributed by atoms with E-state index in [0.29, 0.717) is 57.9 Å². The first kappa shape index (κ1) is 25.0. The summed E-state index contributed by atoms with van der Waals surface area (Å²) < 4.78 is 41.5. The normalized spacial score (nSPS) is 17.0. The van der Waals surface area contributed by atoms with E-state index in [1.54, 1.807) is 29.6 Å². The summed E-state index contributed by atoms with van der Waals surface area (Å²) in [6, 6.07) is 7.50. The third kappa shape index (κ3) is 4.82. The third-order valence-corrected chi connectivity index (χ3v) is 7.19. The molecule has 0 spiro atoms.